The zero-order chi connectivity index (χ0) is 17.5. The Bertz CT molecular complexity index is 755. The van der Waals surface area contributed by atoms with Crippen molar-refractivity contribution in [2.75, 3.05) is 18.4 Å². The first-order valence-corrected chi connectivity index (χ1v) is 7.07. The monoisotopic (exact) mass is 349 g/mol. The van der Waals surface area contributed by atoms with Gasteiger partial charge in [-0.3, -0.25) is 10.7 Å². The summed E-state index contributed by atoms with van der Waals surface area (Å²) in [6, 6.07) is 3.81. The lowest BCUT2D eigenvalue weighted by molar-refractivity contribution is 0.234. The second kappa shape index (κ2) is 8.33. The second-order valence-electron chi connectivity index (χ2n) is 4.41. The van der Waals surface area contributed by atoms with Crippen LogP contribution in [0.4, 0.5) is 15.9 Å². The van der Waals surface area contributed by atoms with Crippen LogP contribution in [0.3, 0.4) is 0 Å². The Labute approximate surface area is 142 Å². The van der Waals surface area contributed by atoms with E-state index in [1.165, 1.54) is 12.1 Å². The van der Waals surface area contributed by atoms with Crippen molar-refractivity contribution in [3.8, 4) is 0 Å². The fourth-order valence-electron chi connectivity index (χ4n) is 1.62. The molecule has 0 unspecified atom stereocenters. The summed E-state index contributed by atoms with van der Waals surface area (Å²) < 4.78 is 17.8. The number of hydrogen-bond acceptors (Lipinski definition) is 7. The van der Waals surface area contributed by atoms with E-state index in [9.17, 15) is 9.60 Å². The molecule has 9 nitrogen and oxygen atoms in total. The van der Waals surface area contributed by atoms with Gasteiger partial charge in [0.15, 0.2) is 16.6 Å². The Morgan fingerprint density at radius 2 is 2.25 bits per heavy atom. The molecule has 0 saturated carbocycles. The normalized spacial score (nSPS) is 11.2. The first-order valence-electron chi connectivity index (χ1n) is 6.66. The molecule has 2 aromatic rings. The number of anilines is 1. The van der Waals surface area contributed by atoms with Crippen LogP contribution >= 0.6 is 12.2 Å². The third-order valence-corrected chi connectivity index (χ3v) is 2.95. The largest absolute Gasteiger partial charge is 0.361 e. The molecule has 0 atom stereocenters. The molecule has 2 radical (unpaired) electrons. The van der Waals surface area contributed by atoms with Gasteiger partial charge in [-0.05, 0) is 40.7 Å². The maximum atomic E-state index is 13.2. The minimum absolute atomic E-state index is 0.0531. The lowest BCUT2D eigenvalue weighted by atomic mass is 9.95. The molecule has 0 amide bonds. The van der Waals surface area contributed by atoms with E-state index in [4.69, 9.17) is 25.8 Å². The number of amidine groups is 1. The van der Waals surface area contributed by atoms with Gasteiger partial charge in [-0.1, -0.05) is 5.46 Å². The van der Waals surface area contributed by atoms with E-state index in [2.05, 4.69) is 30.6 Å². The highest BCUT2D eigenvalue weighted by Crippen LogP contribution is 2.15. The van der Waals surface area contributed by atoms with Crippen LogP contribution in [0.2, 0.25) is 0 Å². The van der Waals surface area contributed by atoms with Crippen LogP contribution in [0, 0.1) is 5.82 Å². The highest BCUT2D eigenvalue weighted by molar-refractivity contribution is 7.80. The van der Waals surface area contributed by atoms with E-state index < -0.39 is 5.82 Å². The van der Waals surface area contributed by atoms with E-state index in [0.717, 1.165) is 6.07 Å². The number of halogens is 1. The van der Waals surface area contributed by atoms with Crippen molar-refractivity contribution in [2.24, 2.45) is 10.7 Å². The SMILES string of the molecule is [B]c1cc(N=C(NO)c2nonc2NC(=S)NCCN)ccc1F. The van der Waals surface area contributed by atoms with Crippen molar-refractivity contribution in [1.29, 1.82) is 0 Å². The molecule has 124 valence electrons. The van der Waals surface area contributed by atoms with Gasteiger partial charge in [0.1, 0.15) is 13.7 Å². The summed E-state index contributed by atoms with van der Waals surface area (Å²) >= 11 is 5.04. The first kappa shape index (κ1) is 17.8. The molecule has 12 heteroatoms. The molecule has 6 N–H and O–H groups in total. The zero-order valence-corrected chi connectivity index (χ0v) is 13.1. The average Bonchev–Trinajstić information content (AvgIpc) is 3.01. The van der Waals surface area contributed by atoms with Crippen molar-refractivity contribution in [3.05, 3.63) is 29.7 Å². The molecule has 1 heterocycles. The van der Waals surface area contributed by atoms with Crippen LogP contribution in [0.1, 0.15) is 5.69 Å². The third kappa shape index (κ3) is 4.47. The van der Waals surface area contributed by atoms with Gasteiger partial charge < -0.3 is 16.4 Å². The number of rotatable bonds is 5. The highest BCUT2D eigenvalue weighted by Gasteiger charge is 2.17. The molecule has 0 saturated heterocycles. The van der Waals surface area contributed by atoms with E-state index in [1.807, 2.05) is 5.48 Å². The molecule has 1 aromatic carbocycles. The Hall–Kier alpha value is -2.57. The van der Waals surface area contributed by atoms with Crippen molar-refractivity contribution >= 4 is 48.0 Å². The van der Waals surface area contributed by atoms with E-state index in [-0.39, 0.29) is 33.6 Å². The van der Waals surface area contributed by atoms with Crippen molar-refractivity contribution in [3.63, 3.8) is 0 Å². The molecule has 24 heavy (non-hydrogen) atoms. The van der Waals surface area contributed by atoms with Crippen LogP contribution in [0.5, 0.6) is 0 Å². The van der Waals surface area contributed by atoms with Crippen LogP contribution in [0.25, 0.3) is 0 Å². The topological polar surface area (TPSA) is 134 Å². The highest BCUT2D eigenvalue weighted by atomic mass is 32.1. The number of nitrogens with zero attached hydrogens (tertiary/aromatic N) is 3. The summed E-state index contributed by atoms with van der Waals surface area (Å²) in [6.07, 6.45) is 0. The quantitative estimate of drug-likeness (QED) is 0.156. The lowest BCUT2D eigenvalue weighted by Gasteiger charge is -2.08. The van der Waals surface area contributed by atoms with Crippen LogP contribution in [-0.4, -0.2) is 47.4 Å². The minimum atomic E-state index is -0.575. The number of thiocarbonyl (C=S) groups is 1. The van der Waals surface area contributed by atoms with E-state index >= 15 is 0 Å². The van der Waals surface area contributed by atoms with Gasteiger partial charge in [0.05, 0.1) is 5.69 Å². The number of nitrogens with one attached hydrogen (secondary N) is 3. The molecule has 0 spiro atoms. The van der Waals surface area contributed by atoms with Crippen LogP contribution in [0.15, 0.2) is 27.8 Å². The third-order valence-electron chi connectivity index (χ3n) is 2.70. The molecule has 2 rings (SSSR count). The Morgan fingerprint density at radius 1 is 1.46 bits per heavy atom. The Balaban J connectivity index is 2.24. The van der Waals surface area contributed by atoms with Crippen LogP contribution < -0.4 is 27.3 Å². The molecule has 0 bridgehead atoms. The molecular weight excluding hydrogens is 336 g/mol. The molecule has 0 aliphatic rings. The molecular formula is C12H13BFN7O2S. The lowest BCUT2D eigenvalue weighted by Crippen LogP contribution is -2.33. The van der Waals surface area contributed by atoms with Gasteiger partial charge in [-0.15, -0.1) is 0 Å². The summed E-state index contributed by atoms with van der Waals surface area (Å²) in [7, 11) is 5.48. The van der Waals surface area contributed by atoms with Crippen LogP contribution in [-0.2, 0) is 0 Å². The standard InChI is InChI=1S/C12H13BFN7O2S/c13-7-5-6(1-2-8(7)14)17-10(19-22)9-11(21-23-20-9)18-12(24)16-4-3-15/h1-2,5,22H,3-4,15H2,(H,17,19)(H2,16,18,21,24). The summed E-state index contributed by atoms with van der Waals surface area (Å²) in [6.45, 7) is 0.850. The van der Waals surface area contributed by atoms with Crippen molar-refractivity contribution in [1.82, 2.24) is 21.1 Å². The van der Waals surface area contributed by atoms with Gasteiger partial charge in [-0.2, -0.15) is 0 Å². The van der Waals surface area contributed by atoms with E-state index in [1.54, 1.807) is 0 Å². The smallest absolute Gasteiger partial charge is 0.208 e. The minimum Gasteiger partial charge on any atom is -0.361 e. The number of aliphatic imine (C=N–C) groups is 1. The summed E-state index contributed by atoms with van der Waals surface area (Å²) in [4.78, 5) is 4.07. The predicted molar refractivity (Wildman–Crippen MR) is 90.5 cm³/mol. The van der Waals surface area contributed by atoms with E-state index in [0.29, 0.717) is 13.1 Å². The molecule has 0 fully saturated rings. The predicted octanol–water partition coefficient (Wildman–Crippen LogP) is -0.695. The summed E-state index contributed by atoms with van der Waals surface area (Å²) in [5, 5.41) is 22.4. The van der Waals surface area contributed by atoms with Gasteiger partial charge in [0.2, 0.25) is 5.82 Å². The number of nitrogens with two attached hydrogens (primary N) is 1. The number of aromatic nitrogens is 2. The second-order valence-corrected chi connectivity index (χ2v) is 4.82. The summed E-state index contributed by atoms with van der Waals surface area (Å²) in [5.74, 6) is -0.569. The maximum absolute atomic E-state index is 13.2. The molecule has 0 aliphatic heterocycles. The molecule has 0 aliphatic carbocycles. The zero-order valence-electron chi connectivity index (χ0n) is 12.3. The van der Waals surface area contributed by atoms with Crippen molar-refractivity contribution in [2.45, 2.75) is 0 Å². The number of benzene rings is 1. The fraction of sp³-hybridized carbons (Fsp3) is 0.167. The van der Waals surface area contributed by atoms with Gasteiger partial charge in [0.25, 0.3) is 0 Å². The molecule has 1 aromatic heterocycles. The average molecular weight is 349 g/mol. The Morgan fingerprint density at radius 3 is 2.92 bits per heavy atom. The van der Waals surface area contributed by atoms with Gasteiger partial charge in [-0.25, -0.2) is 14.0 Å². The van der Waals surface area contributed by atoms with Gasteiger partial charge in [0, 0.05) is 13.1 Å². The fourth-order valence-corrected chi connectivity index (χ4v) is 1.82. The summed E-state index contributed by atoms with van der Waals surface area (Å²) in [5.41, 5.74) is 7.48. The maximum Gasteiger partial charge on any atom is 0.208 e. The number of hydrogen-bond donors (Lipinski definition) is 5. The number of hydroxylamine groups is 1. The van der Waals surface area contributed by atoms with Gasteiger partial charge >= 0.3 is 0 Å². The first-order chi connectivity index (χ1) is 11.5. The Kier molecular flexibility index (Phi) is 6.17. The van der Waals surface area contributed by atoms with Crippen molar-refractivity contribution < 1.29 is 14.2 Å².